The first-order chi connectivity index (χ1) is 25.2. The van der Waals surface area contributed by atoms with Gasteiger partial charge in [0.2, 0.25) is 5.91 Å². The molecule has 0 aliphatic carbocycles. The Labute approximate surface area is 318 Å². The van der Waals surface area contributed by atoms with Crippen molar-refractivity contribution < 1.29 is 42.4 Å². The van der Waals surface area contributed by atoms with E-state index >= 15 is 0 Å². The molecular weight excluding hydrogens is 681 g/mol. The third-order valence-corrected chi connectivity index (χ3v) is 10.2. The van der Waals surface area contributed by atoms with Crippen molar-refractivity contribution in [1.82, 2.24) is 5.32 Å². The maximum absolute atomic E-state index is 12.6. The fourth-order valence-electron chi connectivity index (χ4n) is 6.07. The van der Waals surface area contributed by atoms with Gasteiger partial charge in [-0.15, -0.1) is 0 Å². The molecule has 0 aromatic rings. The minimum absolute atomic E-state index is 0.0166. The number of hydrogen-bond donors (Lipinski definition) is 1. The number of carbonyl (C=O) groups is 3. The van der Waals surface area contributed by atoms with Crippen LogP contribution in [0.25, 0.3) is 0 Å². The number of amides is 1. The molecule has 0 radical (unpaired) electrons. The van der Waals surface area contributed by atoms with Crippen molar-refractivity contribution in [2.75, 3.05) is 26.4 Å². The highest BCUT2D eigenvalue weighted by atomic mass is 31.2. The lowest BCUT2D eigenvalue weighted by Gasteiger charge is -2.25. The van der Waals surface area contributed by atoms with E-state index in [-0.39, 0.29) is 38.5 Å². The van der Waals surface area contributed by atoms with Gasteiger partial charge in [0, 0.05) is 25.8 Å². The van der Waals surface area contributed by atoms with E-state index in [0.29, 0.717) is 25.7 Å². The molecule has 0 saturated carbocycles. The Morgan fingerprint density at radius 3 is 1.35 bits per heavy atom. The summed E-state index contributed by atoms with van der Waals surface area (Å²) in [4.78, 5) is 48.9. The van der Waals surface area contributed by atoms with E-state index in [1.54, 1.807) is 0 Å². The second kappa shape index (κ2) is 37.8. The van der Waals surface area contributed by atoms with Gasteiger partial charge in [-0.3, -0.25) is 18.9 Å². The summed E-state index contributed by atoms with van der Waals surface area (Å²) >= 11 is 0. The van der Waals surface area contributed by atoms with Gasteiger partial charge in [0.1, 0.15) is 6.61 Å². The van der Waals surface area contributed by atoms with Crippen molar-refractivity contribution in [1.29, 1.82) is 0 Å². The molecule has 52 heavy (non-hydrogen) atoms. The van der Waals surface area contributed by atoms with E-state index in [1.807, 2.05) is 6.92 Å². The summed E-state index contributed by atoms with van der Waals surface area (Å²) in [7, 11) is -4.74. The van der Waals surface area contributed by atoms with Gasteiger partial charge < -0.3 is 28.7 Å². The Bertz CT molecular complexity index is 888. The van der Waals surface area contributed by atoms with Gasteiger partial charge >= 0.3 is 11.9 Å². The van der Waals surface area contributed by atoms with Crippen molar-refractivity contribution in [3.63, 3.8) is 0 Å². The Morgan fingerprint density at radius 2 is 0.923 bits per heavy atom. The maximum atomic E-state index is 12.6. The quantitative estimate of drug-likeness (QED) is 0.0367. The van der Waals surface area contributed by atoms with Crippen molar-refractivity contribution >= 4 is 25.7 Å². The van der Waals surface area contributed by atoms with Gasteiger partial charge in [-0.05, 0) is 19.3 Å². The summed E-state index contributed by atoms with van der Waals surface area (Å²) in [5, 5.41) is 2.57. The molecule has 1 amide bonds. The van der Waals surface area contributed by atoms with Gasteiger partial charge in [0.15, 0.2) is 6.10 Å². The monoisotopic (exact) mass is 761 g/mol. The lowest BCUT2D eigenvalue weighted by Crippen LogP contribution is -2.31. The van der Waals surface area contributed by atoms with E-state index in [4.69, 9.17) is 18.5 Å². The molecule has 0 spiro atoms. The average Bonchev–Trinajstić information content (AvgIpc) is 3.12. The van der Waals surface area contributed by atoms with E-state index in [2.05, 4.69) is 19.2 Å². The summed E-state index contributed by atoms with van der Waals surface area (Å²) in [5.74, 6) is -1.08. The SMILES string of the molecule is CCCCCCCCCCCCCCCC(=O)OC[C@H](COP(=O)([O-])OCCNC(=O)CCC)OC(=O)CCCCCCCCCCCCCCC. The van der Waals surface area contributed by atoms with Crippen LogP contribution in [0.4, 0.5) is 0 Å². The van der Waals surface area contributed by atoms with Crippen LogP contribution >= 0.6 is 7.82 Å². The molecule has 0 aliphatic heterocycles. The summed E-state index contributed by atoms with van der Waals surface area (Å²) in [5.41, 5.74) is 0. The topological polar surface area (TPSA) is 140 Å². The third kappa shape index (κ3) is 36.9. The normalized spacial score (nSPS) is 13.1. The van der Waals surface area contributed by atoms with Crippen LogP contribution in [0.1, 0.15) is 213 Å². The highest BCUT2D eigenvalue weighted by Crippen LogP contribution is 2.38. The number of esters is 2. The number of rotatable bonds is 40. The summed E-state index contributed by atoms with van der Waals surface area (Å²) in [6.07, 6.45) is 31.7. The Kier molecular flexibility index (Phi) is 36.7. The first kappa shape index (κ1) is 50.5. The van der Waals surface area contributed by atoms with E-state index in [1.165, 1.54) is 122 Å². The third-order valence-electron chi connectivity index (χ3n) is 9.27. The molecule has 11 heteroatoms. The molecule has 0 aromatic heterocycles. The summed E-state index contributed by atoms with van der Waals surface area (Å²) in [6, 6.07) is 0. The second-order valence-corrected chi connectivity index (χ2v) is 15.9. The highest BCUT2D eigenvalue weighted by molar-refractivity contribution is 7.45. The van der Waals surface area contributed by atoms with Crippen LogP contribution < -0.4 is 10.2 Å². The fraction of sp³-hybridized carbons (Fsp3) is 0.927. The molecule has 0 heterocycles. The number of phosphoric ester groups is 1. The Hall–Kier alpha value is -1.48. The van der Waals surface area contributed by atoms with E-state index in [0.717, 1.165) is 32.1 Å². The molecule has 308 valence electrons. The lowest BCUT2D eigenvalue weighted by atomic mass is 10.0. The first-order valence-electron chi connectivity index (χ1n) is 21.5. The van der Waals surface area contributed by atoms with E-state index < -0.39 is 32.5 Å². The van der Waals surface area contributed by atoms with Gasteiger partial charge in [0.05, 0.1) is 13.2 Å². The summed E-state index contributed by atoms with van der Waals surface area (Å²) < 4.78 is 33.0. The van der Waals surface area contributed by atoms with Crippen molar-refractivity contribution in [2.24, 2.45) is 0 Å². The van der Waals surface area contributed by atoms with E-state index in [9.17, 15) is 23.8 Å². The number of ether oxygens (including phenoxy) is 2. The zero-order chi connectivity index (χ0) is 38.4. The molecule has 1 N–H and O–H groups in total. The number of phosphoric acid groups is 1. The molecule has 2 atom stereocenters. The van der Waals surface area contributed by atoms with Crippen molar-refractivity contribution in [3.8, 4) is 0 Å². The van der Waals surface area contributed by atoms with Crippen molar-refractivity contribution in [3.05, 3.63) is 0 Å². The van der Waals surface area contributed by atoms with Crippen LogP contribution in [0, 0.1) is 0 Å². The minimum Gasteiger partial charge on any atom is -0.756 e. The van der Waals surface area contributed by atoms with Crippen LogP contribution in [0.2, 0.25) is 0 Å². The second-order valence-electron chi connectivity index (χ2n) is 14.5. The minimum atomic E-state index is -4.74. The number of nitrogens with one attached hydrogen (secondary N) is 1. The van der Waals surface area contributed by atoms with Crippen LogP contribution in [-0.4, -0.2) is 50.3 Å². The summed E-state index contributed by atoms with van der Waals surface area (Å²) in [6.45, 7) is 5.26. The lowest BCUT2D eigenvalue weighted by molar-refractivity contribution is -0.228. The molecule has 0 saturated heterocycles. The highest BCUT2D eigenvalue weighted by Gasteiger charge is 2.21. The molecule has 1 unspecified atom stereocenters. The molecular formula is C41H79NO9P-. The molecule has 0 fully saturated rings. The smallest absolute Gasteiger partial charge is 0.306 e. The predicted octanol–water partition coefficient (Wildman–Crippen LogP) is 10.8. The average molecular weight is 761 g/mol. The predicted molar refractivity (Wildman–Crippen MR) is 209 cm³/mol. The maximum Gasteiger partial charge on any atom is 0.306 e. The van der Waals surface area contributed by atoms with Crippen LogP contribution in [0.3, 0.4) is 0 Å². The largest absolute Gasteiger partial charge is 0.756 e. The molecule has 0 bridgehead atoms. The van der Waals surface area contributed by atoms with Crippen LogP contribution in [0.15, 0.2) is 0 Å². The zero-order valence-corrected chi connectivity index (χ0v) is 34.6. The van der Waals surface area contributed by atoms with Gasteiger partial charge in [0.25, 0.3) is 7.82 Å². The van der Waals surface area contributed by atoms with Crippen LogP contribution in [-0.2, 0) is 37.5 Å². The number of carbonyl (C=O) groups excluding carboxylic acids is 3. The number of unbranched alkanes of at least 4 members (excludes halogenated alkanes) is 24. The van der Waals surface area contributed by atoms with Gasteiger partial charge in [-0.1, -0.05) is 175 Å². The molecule has 0 rings (SSSR count). The Morgan fingerprint density at radius 1 is 0.519 bits per heavy atom. The fourth-order valence-corrected chi connectivity index (χ4v) is 6.81. The van der Waals surface area contributed by atoms with Gasteiger partial charge in [-0.2, -0.15) is 0 Å². The number of hydrogen-bond acceptors (Lipinski definition) is 9. The van der Waals surface area contributed by atoms with Crippen LogP contribution in [0.5, 0.6) is 0 Å². The molecule has 0 aromatic carbocycles. The first-order valence-corrected chi connectivity index (χ1v) is 22.9. The zero-order valence-electron chi connectivity index (χ0n) is 33.7. The standard InChI is InChI=1S/C41H80NO9P/c1-4-7-9-11-13-15-17-19-21-23-25-27-29-32-40(44)48-36-38(37-50-52(46,47)49-35-34-42-39(43)31-6-3)51-41(45)33-30-28-26-24-22-20-18-16-14-12-10-8-5-2/h38H,4-37H2,1-3H3,(H,42,43)(H,46,47)/p-1/t38-/m1/s1. The molecule has 0 aliphatic rings. The van der Waals surface area contributed by atoms with Gasteiger partial charge in [-0.25, -0.2) is 0 Å². The van der Waals surface area contributed by atoms with Crippen molar-refractivity contribution in [2.45, 2.75) is 219 Å². The molecule has 10 nitrogen and oxygen atoms in total. The Balaban J connectivity index is 4.42.